The maximum absolute atomic E-state index is 10.6. The molecule has 1 rings (SSSR count). The Labute approximate surface area is 116 Å². The van der Waals surface area contributed by atoms with Crippen LogP contribution in [0, 0.1) is 0 Å². The quantitative estimate of drug-likeness (QED) is 0.615. The van der Waals surface area contributed by atoms with E-state index in [9.17, 15) is 8.42 Å². The first-order chi connectivity index (χ1) is 8.74. The third kappa shape index (κ3) is 5.74. The summed E-state index contributed by atoms with van der Waals surface area (Å²) in [5.74, 6) is -0.146. The van der Waals surface area contributed by atoms with E-state index >= 15 is 0 Å². The van der Waals surface area contributed by atoms with Crippen LogP contribution in [0.4, 0.5) is 0 Å². The molecule has 0 spiro atoms. The largest absolute Gasteiger partial charge is 0.286 e. The van der Waals surface area contributed by atoms with Gasteiger partial charge in [0.1, 0.15) is 0 Å². The van der Waals surface area contributed by atoms with Crippen molar-refractivity contribution in [2.24, 2.45) is 0 Å². The molecule has 0 heterocycles. The third-order valence-electron chi connectivity index (χ3n) is 3.71. The van der Waals surface area contributed by atoms with E-state index in [1.807, 2.05) is 0 Å². The van der Waals surface area contributed by atoms with Gasteiger partial charge in [-0.2, -0.15) is 8.42 Å². The van der Waals surface area contributed by atoms with Crippen LogP contribution in [0.5, 0.6) is 0 Å². The molecule has 0 saturated heterocycles. The highest BCUT2D eigenvalue weighted by Crippen LogP contribution is 2.27. The molecule has 1 aromatic carbocycles. The molecule has 4 heteroatoms. The molecule has 0 aliphatic rings. The standard InChI is InChI=1S/C15H24O3S/c1-4-15(2,3)14-10-7-9-13(12-14)8-5-6-11-19(16,17)18/h7,9-10,12H,4-6,8,11H2,1-3H3,(H,16,17,18). The third-order valence-corrected chi connectivity index (χ3v) is 4.51. The predicted octanol–water partition coefficient (Wildman–Crippen LogP) is 3.58. The van der Waals surface area contributed by atoms with Crippen LogP contribution in [-0.4, -0.2) is 18.7 Å². The zero-order chi connectivity index (χ0) is 14.5. The van der Waals surface area contributed by atoms with Crippen LogP contribution in [0.15, 0.2) is 24.3 Å². The lowest BCUT2D eigenvalue weighted by molar-refractivity contribution is 0.480. The van der Waals surface area contributed by atoms with Gasteiger partial charge in [-0.1, -0.05) is 45.0 Å². The van der Waals surface area contributed by atoms with Crippen molar-refractivity contribution in [3.05, 3.63) is 35.4 Å². The zero-order valence-electron chi connectivity index (χ0n) is 12.0. The highest BCUT2D eigenvalue weighted by atomic mass is 32.2. The van der Waals surface area contributed by atoms with Crippen LogP contribution >= 0.6 is 0 Å². The van der Waals surface area contributed by atoms with Crippen molar-refractivity contribution in [3.63, 3.8) is 0 Å². The van der Waals surface area contributed by atoms with Crippen molar-refractivity contribution in [2.45, 2.75) is 51.9 Å². The molecule has 0 saturated carbocycles. The van der Waals surface area contributed by atoms with Crippen LogP contribution < -0.4 is 0 Å². The van der Waals surface area contributed by atoms with Crippen LogP contribution in [0.2, 0.25) is 0 Å². The normalized spacial score (nSPS) is 12.6. The number of unbranched alkanes of at least 4 members (excludes halogenated alkanes) is 1. The molecule has 1 aromatic rings. The molecule has 0 aliphatic heterocycles. The van der Waals surface area contributed by atoms with Crippen molar-refractivity contribution in [3.8, 4) is 0 Å². The van der Waals surface area contributed by atoms with E-state index < -0.39 is 10.1 Å². The number of aryl methyl sites for hydroxylation is 1. The SMILES string of the molecule is CCC(C)(C)c1cccc(CCCCS(=O)(=O)O)c1. The number of rotatable bonds is 7. The van der Waals surface area contributed by atoms with Gasteiger partial charge in [-0.05, 0) is 42.2 Å². The summed E-state index contributed by atoms with van der Waals surface area (Å²) >= 11 is 0. The molecule has 0 radical (unpaired) electrons. The zero-order valence-corrected chi connectivity index (χ0v) is 12.8. The van der Waals surface area contributed by atoms with Crippen molar-refractivity contribution >= 4 is 10.1 Å². The van der Waals surface area contributed by atoms with Gasteiger partial charge in [0.05, 0.1) is 5.75 Å². The first kappa shape index (κ1) is 16.2. The molecule has 0 unspecified atom stereocenters. The Morgan fingerprint density at radius 2 is 1.89 bits per heavy atom. The number of benzene rings is 1. The maximum atomic E-state index is 10.6. The second-order valence-electron chi connectivity index (χ2n) is 5.68. The van der Waals surface area contributed by atoms with Gasteiger partial charge in [0.2, 0.25) is 0 Å². The molecule has 0 amide bonds. The van der Waals surface area contributed by atoms with Gasteiger partial charge < -0.3 is 0 Å². The van der Waals surface area contributed by atoms with E-state index in [1.165, 1.54) is 11.1 Å². The Morgan fingerprint density at radius 3 is 2.47 bits per heavy atom. The maximum Gasteiger partial charge on any atom is 0.264 e. The Hall–Kier alpha value is -0.870. The van der Waals surface area contributed by atoms with E-state index in [1.54, 1.807) is 0 Å². The second kappa shape index (κ2) is 6.53. The Bertz CT molecular complexity index is 504. The highest BCUT2D eigenvalue weighted by molar-refractivity contribution is 7.85. The molecule has 0 aromatic heterocycles. The topological polar surface area (TPSA) is 54.4 Å². The summed E-state index contributed by atoms with van der Waals surface area (Å²) in [5.41, 5.74) is 2.72. The summed E-state index contributed by atoms with van der Waals surface area (Å²) in [6, 6.07) is 8.48. The molecular weight excluding hydrogens is 260 g/mol. The van der Waals surface area contributed by atoms with Gasteiger partial charge in [-0.3, -0.25) is 4.55 Å². The lowest BCUT2D eigenvalue weighted by atomic mass is 9.81. The van der Waals surface area contributed by atoms with Crippen molar-refractivity contribution in [1.82, 2.24) is 0 Å². The first-order valence-corrected chi connectivity index (χ1v) is 8.40. The van der Waals surface area contributed by atoms with Crippen LogP contribution in [0.3, 0.4) is 0 Å². The lowest BCUT2D eigenvalue weighted by Crippen LogP contribution is -2.15. The summed E-state index contributed by atoms with van der Waals surface area (Å²) in [6.07, 6.45) is 3.21. The summed E-state index contributed by atoms with van der Waals surface area (Å²) in [4.78, 5) is 0. The average molecular weight is 284 g/mol. The Morgan fingerprint density at radius 1 is 1.21 bits per heavy atom. The van der Waals surface area contributed by atoms with Gasteiger partial charge in [-0.25, -0.2) is 0 Å². The minimum Gasteiger partial charge on any atom is -0.286 e. The van der Waals surface area contributed by atoms with Crippen molar-refractivity contribution in [1.29, 1.82) is 0 Å². The van der Waals surface area contributed by atoms with Gasteiger partial charge in [-0.15, -0.1) is 0 Å². The summed E-state index contributed by atoms with van der Waals surface area (Å²) in [5, 5.41) is 0. The first-order valence-electron chi connectivity index (χ1n) is 6.79. The molecule has 19 heavy (non-hydrogen) atoms. The van der Waals surface area contributed by atoms with Gasteiger partial charge in [0.15, 0.2) is 0 Å². The fourth-order valence-electron chi connectivity index (χ4n) is 1.97. The minimum atomic E-state index is -3.81. The second-order valence-corrected chi connectivity index (χ2v) is 7.25. The summed E-state index contributed by atoms with van der Waals surface area (Å²) in [6.45, 7) is 6.63. The summed E-state index contributed by atoms with van der Waals surface area (Å²) < 4.78 is 29.9. The predicted molar refractivity (Wildman–Crippen MR) is 79.1 cm³/mol. The molecule has 1 N–H and O–H groups in total. The number of hydrogen-bond donors (Lipinski definition) is 1. The molecule has 3 nitrogen and oxygen atoms in total. The fourth-order valence-corrected chi connectivity index (χ4v) is 2.53. The lowest BCUT2D eigenvalue weighted by Gasteiger charge is -2.23. The molecular formula is C15H24O3S. The van der Waals surface area contributed by atoms with Crippen LogP contribution in [0.1, 0.15) is 51.2 Å². The van der Waals surface area contributed by atoms with Crippen LogP contribution in [0.25, 0.3) is 0 Å². The van der Waals surface area contributed by atoms with E-state index in [0.29, 0.717) is 6.42 Å². The van der Waals surface area contributed by atoms with Gasteiger partial charge in [0.25, 0.3) is 10.1 Å². The smallest absolute Gasteiger partial charge is 0.264 e. The monoisotopic (exact) mass is 284 g/mol. The van der Waals surface area contributed by atoms with Crippen LogP contribution in [-0.2, 0) is 22.0 Å². The van der Waals surface area contributed by atoms with E-state index in [-0.39, 0.29) is 11.2 Å². The van der Waals surface area contributed by atoms with Gasteiger partial charge >= 0.3 is 0 Å². The molecule has 0 aliphatic carbocycles. The summed E-state index contributed by atoms with van der Waals surface area (Å²) in [7, 11) is -3.81. The van der Waals surface area contributed by atoms with Crippen molar-refractivity contribution in [2.75, 3.05) is 5.75 Å². The Balaban J connectivity index is 2.58. The Kier molecular flexibility index (Phi) is 5.56. The highest BCUT2D eigenvalue weighted by Gasteiger charge is 2.17. The van der Waals surface area contributed by atoms with Crippen molar-refractivity contribution < 1.29 is 13.0 Å². The molecule has 0 fully saturated rings. The minimum absolute atomic E-state index is 0.146. The fraction of sp³-hybridized carbons (Fsp3) is 0.600. The molecule has 0 bridgehead atoms. The van der Waals surface area contributed by atoms with E-state index in [0.717, 1.165) is 19.3 Å². The molecule has 108 valence electrons. The average Bonchev–Trinajstić information content (AvgIpc) is 2.34. The molecule has 0 atom stereocenters. The van der Waals surface area contributed by atoms with E-state index in [2.05, 4.69) is 45.0 Å². The van der Waals surface area contributed by atoms with Gasteiger partial charge in [0, 0.05) is 0 Å². The number of hydrogen-bond acceptors (Lipinski definition) is 2. The van der Waals surface area contributed by atoms with E-state index in [4.69, 9.17) is 4.55 Å².